The molecule has 4 bridgehead atoms. The molecule has 3 N–H and O–H groups in total. The molecule has 0 spiro atoms. The van der Waals surface area contributed by atoms with Gasteiger partial charge in [-0.2, -0.15) is 0 Å². The van der Waals surface area contributed by atoms with Crippen molar-refractivity contribution in [3.63, 3.8) is 0 Å². The fraction of sp³-hybridized carbons (Fsp3) is 0.619. The molecule has 4 saturated carbocycles. The molecule has 4 nitrogen and oxygen atoms in total. The van der Waals surface area contributed by atoms with Gasteiger partial charge in [0.25, 0.3) is 0 Å². The van der Waals surface area contributed by atoms with E-state index in [-0.39, 0.29) is 16.7 Å². The molecule has 0 radical (unpaired) electrons. The Morgan fingerprint density at radius 2 is 1.72 bits per heavy atom. The Balaban J connectivity index is 1.66. The van der Waals surface area contributed by atoms with E-state index in [1.165, 1.54) is 30.4 Å². The topological polar surface area (TPSA) is 72.2 Å². The van der Waals surface area contributed by atoms with Gasteiger partial charge >= 0.3 is 0 Å². The molecule has 5 atom stereocenters. The Hall–Kier alpha value is -1.84. The van der Waals surface area contributed by atoms with Crippen molar-refractivity contribution < 1.29 is 9.59 Å². The summed E-state index contributed by atoms with van der Waals surface area (Å²) in [5, 5.41) is 2.90. The second-order valence-electron chi connectivity index (χ2n) is 8.99. The lowest BCUT2D eigenvalue weighted by molar-refractivity contribution is -0.150. The summed E-state index contributed by atoms with van der Waals surface area (Å²) in [5.74, 6) is 0.824. The molecular formula is C21H28N2O2. The average Bonchev–Trinajstić information content (AvgIpc) is 2.53. The standard InChI is InChI=1S/C21H28N2O2/c1-13-3-5-17(6-4-13)20-8-15-7-16(9-20)11-21(10-15,12-20)19(25)23-14(2)18(22)24/h3-6,14-16H,7-12H2,1-2H3,(H2,22,24)(H,23,25)/t14-,15-,16+,20?,21?/m0/s1. The molecule has 1 aromatic rings. The highest BCUT2D eigenvalue weighted by Gasteiger charge is 2.61. The second kappa shape index (κ2) is 5.58. The summed E-state index contributed by atoms with van der Waals surface area (Å²) in [6.45, 7) is 3.79. The highest BCUT2D eigenvalue weighted by atomic mass is 16.2. The predicted molar refractivity (Wildman–Crippen MR) is 96.8 cm³/mol. The number of carbonyl (C=O) groups excluding carboxylic acids is 2. The first kappa shape index (κ1) is 16.6. The number of hydrogen-bond donors (Lipinski definition) is 2. The van der Waals surface area contributed by atoms with Crippen LogP contribution in [0.2, 0.25) is 0 Å². The zero-order valence-electron chi connectivity index (χ0n) is 15.2. The van der Waals surface area contributed by atoms with Gasteiger partial charge in [0.15, 0.2) is 0 Å². The van der Waals surface area contributed by atoms with Crippen LogP contribution in [0.5, 0.6) is 0 Å². The number of carbonyl (C=O) groups is 2. The Labute approximate surface area is 149 Å². The van der Waals surface area contributed by atoms with Crippen LogP contribution in [-0.4, -0.2) is 17.9 Å². The number of benzene rings is 1. The van der Waals surface area contributed by atoms with Gasteiger partial charge in [-0.25, -0.2) is 0 Å². The first-order chi connectivity index (χ1) is 11.8. The summed E-state index contributed by atoms with van der Waals surface area (Å²) in [4.78, 5) is 24.5. The molecule has 4 aliphatic rings. The zero-order valence-corrected chi connectivity index (χ0v) is 15.2. The minimum absolute atomic E-state index is 0.0457. The fourth-order valence-corrected chi connectivity index (χ4v) is 6.19. The largest absolute Gasteiger partial charge is 0.368 e. The highest BCUT2D eigenvalue weighted by Crippen LogP contribution is 2.65. The van der Waals surface area contributed by atoms with Gasteiger partial charge in [0.1, 0.15) is 6.04 Å². The van der Waals surface area contributed by atoms with E-state index >= 15 is 0 Å². The van der Waals surface area contributed by atoms with Crippen LogP contribution in [0.3, 0.4) is 0 Å². The summed E-state index contributed by atoms with van der Waals surface area (Å²) in [7, 11) is 0. The Bertz CT molecular complexity index is 695. The highest BCUT2D eigenvalue weighted by molar-refractivity contribution is 5.89. The lowest BCUT2D eigenvalue weighted by Crippen LogP contribution is -2.60. The monoisotopic (exact) mass is 340 g/mol. The van der Waals surface area contributed by atoms with E-state index in [0.29, 0.717) is 11.8 Å². The van der Waals surface area contributed by atoms with Crippen LogP contribution in [0, 0.1) is 24.2 Å². The summed E-state index contributed by atoms with van der Waals surface area (Å²) < 4.78 is 0. The van der Waals surface area contributed by atoms with Crippen molar-refractivity contribution in [1.82, 2.24) is 5.32 Å². The molecule has 2 unspecified atom stereocenters. The third kappa shape index (κ3) is 2.66. The molecule has 4 aliphatic carbocycles. The molecule has 4 heteroatoms. The van der Waals surface area contributed by atoms with Crippen molar-refractivity contribution in [3.05, 3.63) is 35.4 Å². The van der Waals surface area contributed by atoms with Gasteiger partial charge in [-0.1, -0.05) is 29.8 Å². The first-order valence-electron chi connectivity index (χ1n) is 9.49. The van der Waals surface area contributed by atoms with Crippen molar-refractivity contribution in [2.45, 2.75) is 63.8 Å². The average molecular weight is 340 g/mol. The predicted octanol–water partition coefficient (Wildman–Crippen LogP) is 2.82. The van der Waals surface area contributed by atoms with Crippen molar-refractivity contribution in [2.24, 2.45) is 23.0 Å². The van der Waals surface area contributed by atoms with Crippen LogP contribution < -0.4 is 11.1 Å². The van der Waals surface area contributed by atoms with E-state index in [2.05, 4.69) is 36.5 Å². The van der Waals surface area contributed by atoms with Crippen LogP contribution in [0.15, 0.2) is 24.3 Å². The number of primary amides is 1. The SMILES string of the molecule is Cc1ccc(C23C[C@@H]4C[C@@H](CC(C(=O)N[C@@H](C)C(N)=O)(C4)C2)C3)cc1. The number of hydrogen-bond acceptors (Lipinski definition) is 2. The van der Waals surface area contributed by atoms with E-state index in [1.54, 1.807) is 6.92 Å². The van der Waals surface area contributed by atoms with E-state index < -0.39 is 11.9 Å². The van der Waals surface area contributed by atoms with Gasteiger partial charge in [-0.3, -0.25) is 9.59 Å². The molecule has 5 rings (SSSR count). The van der Waals surface area contributed by atoms with Gasteiger partial charge in [0.2, 0.25) is 11.8 Å². The summed E-state index contributed by atoms with van der Waals surface area (Å²) in [6.07, 6.45) is 6.50. The maximum absolute atomic E-state index is 13.1. The van der Waals surface area contributed by atoms with Gasteiger partial charge in [-0.15, -0.1) is 0 Å². The van der Waals surface area contributed by atoms with Crippen molar-refractivity contribution in [1.29, 1.82) is 0 Å². The maximum Gasteiger partial charge on any atom is 0.239 e. The minimum atomic E-state index is -0.601. The smallest absolute Gasteiger partial charge is 0.239 e. The lowest BCUT2D eigenvalue weighted by atomic mass is 9.42. The number of nitrogens with one attached hydrogen (secondary N) is 1. The maximum atomic E-state index is 13.1. The van der Waals surface area contributed by atoms with Crippen molar-refractivity contribution in [2.75, 3.05) is 0 Å². The number of aryl methyl sites for hydroxylation is 1. The normalized spacial score (nSPS) is 36.9. The third-order valence-electron chi connectivity index (χ3n) is 6.98. The van der Waals surface area contributed by atoms with E-state index in [1.807, 2.05) is 0 Å². The third-order valence-corrected chi connectivity index (χ3v) is 6.98. The molecule has 25 heavy (non-hydrogen) atoms. The molecule has 1 aromatic carbocycles. The van der Waals surface area contributed by atoms with Gasteiger partial charge in [0.05, 0.1) is 5.41 Å². The van der Waals surface area contributed by atoms with Crippen LogP contribution in [0.25, 0.3) is 0 Å². The lowest BCUT2D eigenvalue weighted by Gasteiger charge is -2.61. The van der Waals surface area contributed by atoms with Crippen molar-refractivity contribution in [3.8, 4) is 0 Å². The summed E-state index contributed by atoms with van der Waals surface area (Å²) >= 11 is 0. The van der Waals surface area contributed by atoms with Crippen LogP contribution in [0.4, 0.5) is 0 Å². The minimum Gasteiger partial charge on any atom is -0.368 e. The Kier molecular flexibility index (Phi) is 3.71. The van der Waals surface area contributed by atoms with Crippen LogP contribution >= 0.6 is 0 Å². The first-order valence-corrected chi connectivity index (χ1v) is 9.49. The van der Waals surface area contributed by atoms with Gasteiger partial charge in [-0.05, 0) is 75.2 Å². The van der Waals surface area contributed by atoms with Gasteiger partial charge in [0, 0.05) is 0 Å². The number of nitrogens with two attached hydrogens (primary N) is 1. The van der Waals surface area contributed by atoms with Gasteiger partial charge < -0.3 is 11.1 Å². The van der Waals surface area contributed by atoms with E-state index in [0.717, 1.165) is 19.3 Å². The Morgan fingerprint density at radius 1 is 1.12 bits per heavy atom. The quantitative estimate of drug-likeness (QED) is 0.884. The summed E-state index contributed by atoms with van der Waals surface area (Å²) in [6, 6.07) is 8.31. The summed E-state index contributed by atoms with van der Waals surface area (Å²) in [5.41, 5.74) is 7.83. The zero-order chi connectivity index (χ0) is 17.8. The van der Waals surface area contributed by atoms with Crippen LogP contribution in [-0.2, 0) is 15.0 Å². The number of amides is 2. The molecule has 0 heterocycles. The van der Waals surface area contributed by atoms with E-state index in [9.17, 15) is 9.59 Å². The fourth-order valence-electron chi connectivity index (χ4n) is 6.19. The van der Waals surface area contributed by atoms with Crippen LogP contribution in [0.1, 0.15) is 56.6 Å². The molecular weight excluding hydrogens is 312 g/mol. The molecule has 0 aromatic heterocycles. The molecule has 4 fully saturated rings. The molecule has 2 amide bonds. The number of rotatable bonds is 4. The molecule has 0 aliphatic heterocycles. The van der Waals surface area contributed by atoms with Crippen molar-refractivity contribution >= 4 is 11.8 Å². The van der Waals surface area contributed by atoms with E-state index in [4.69, 9.17) is 5.73 Å². The molecule has 134 valence electrons. The second-order valence-corrected chi connectivity index (χ2v) is 8.99. The molecule has 0 saturated heterocycles. The Morgan fingerprint density at radius 3 is 2.28 bits per heavy atom.